The molecular formula is C15H26N2O2S2. The van der Waals surface area contributed by atoms with Gasteiger partial charge in [-0.05, 0) is 37.3 Å². The molecule has 0 radical (unpaired) electrons. The average Bonchev–Trinajstić information content (AvgIpc) is 2.95. The van der Waals surface area contributed by atoms with Gasteiger partial charge in [-0.1, -0.05) is 26.7 Å². The zero-order valence-corrected chi connectivity index (χ0v) is 14.6. The van der Waals surface area contributed by atoms with Crippen molar-refractivity contribution in [3.63, 3.8) is 0 Å². The maximum absolute atomic E-state index is 13.0. The van der Waals surface area contributed by atoms with Gasteiger partial charge in [0.25, 0.3) is 0 Å². The van der Waals surface area contributed by atoms with Crippen LogP contribution in [-0.4, -0.2) is 31.9 Å². The first-order valence-corrected chi connectivity index (χ1v) is 10.2. The highest BCUT2D eigenvalue weighted by Gasteiger charge is 2.34. The van der Waals surface area contributed by atoms with Crippen LogP contribution >= 0.6 is 11.3 Å². The predicted molar refractivity (Wildman–Crippen MR) is 88.1 cm³/mol. The van der Waals surface area contributed by atoms with E-state index in [1.165, 1.54) is 11.3 Å². The second kappa shape index (κ2) is 7.72. The Kier molecular flexibility index (Phi) is 6.22. The Morgan fingerprint density at radius 1 is 1.38 bits per heavy atom. The van der Waals surface area contributed by atoms with Crippen LogP contribution in [0.1, 0.15) is 50.8 Å². The van der Waals surface area contributed by atoms with E-state index in [4.69, 9.17) is 0 Å². The third-order valence-corrected chi connectivity index (χ3v) is 7.11. The lowest BCUT2D eigenvalue weighted by atomic mass is 10.0. The molecule has 1 fully saturated rings. The Hall–Kier alpha value is -0.430. The second-order valence-electron chi connectivity index (χ2n) is 5.54. The van der Waals surface area contributed by atoms with E-state index < -0.39 is 10.0 Å². The normalized spacial score (nSPS) is 20.8. The summed E-state index contributed by atoms with van der Waals surface area (Å²) in [6.07, 6.45) is 5.12. The molecule has 1 saturated heterocycles. The summed E-state index contributed by atoms with van der Waals surface area (Å²) < 4.78 is 27.8. The lowest BCUT2D eigenvalue weighted by Crippen LogP contribution is -2.43. The minimum absolute atomic E-state index is 0.181. The first kappa shape index (κ1) is 16.9. The van der Waals surface area contributed by atoms with Crippen LogP contribution in [0.3, 0.4) is 0 Å². The molecule has 0 spiro atoms. The van der Waals surface area contributed by atoms with E-state index in [0.29, 0.717) is 18.0 Å². The quantitative estimate of drug-likeness (QED) is 0.835. The summed E-state index contributed by atoms with van der Waals surface area (Å²) in [5.74, 6) is 0. The lowest BCUT2D eigenvalue weighted by molar-refractivity contribution is 0.239. The highest BCUT2D eigenvalue weighted by atomic mass is 32.2. The van der Waals surface area contributed by atoms with Gasteiger partial charge in [0.1, 0.15) is 0 Å². The third-order valence-electron chi connectivity index (χ3n) is 4.02. The summed E-state index contributed by atoms with van der Waals surface area (Å²) in [6, 6.07) is 1.95. The Balaban J connectivity index is 2.25. The fourth-order valence-corrected chi connectivity index (χ4v) is 6.07. The summed E-state index contributed by atoms with van der Waals surface area (Å²) in [6.45, 7) is 6.31. The summed E-state index contributed by atoms with van der Waals surface area (Å²) in [4.78, 5) is 1.44. The molecule has 2 heterocycles. The number of nitrogens with one attached hydrogen (secondary N) is 1. The average molecular weight is 331 g/mol. The van der Waals surface area contributed by atoms with E-state index >= 15 is 0 Å². The Morgan fingerprint density at radius 3 is 2.90 bits per heavy atom. The standard InChI is InChI=1S/C15H26N2O2S2/c1-3-7-13-8-5-6-10-17(13)21(18,19)15-9-11-20-14(15)12-16-4-2/h9,11,13,16H,3-8,10,12H2,1-2H3. The number of hydrogen-bond donors (Lipinski definition) is 1. The molecule has 1 aromatic rings. The largest absolute Gasteiger partial charge is 0.312 e. The Morgan fingerprint density at radius 2 is 2.19 bits per heavy atom. The fourth-order valence-electron chi connectivity index (χ4n) is 2.96. The first-order chi connectivity index (χ1) is 10.1. The minimum Gasteiger partial charge on any atom is -0.312 e. The molecule has 0 aromatic carbocycles. The van der Waals surface area contributed by atoms with Crippen LogP contribution in [0.2, 0.25) is 0 Å². The molecule has 1 aromatic heterocycles. The fraction of sp³-hybridized carbons (Fsp3) is 0.733. The van der Waals surface area contributed by atoms with Gasteiger partial charge >= 0.3 is 0 Å². The van der Waals surface area contributed by atoms with E-state index in [-0.39, 0.29) is 6.04 Å². The van der Waals surface area contributed by atoms with Crippen LogP contribution in [0.15, 0.2) is 16.3 Å². The van der Waals surface area contributed by atoms with Crippen molar-refractivity contribution in [3.8, 4) is 0 Å². The number of sulfonamides is 1. The van der Waals surface area contributed by atoms with Crippen molar-refractivity contribution in [2.45, 2.75) is 63.4 Å². The molecule has 6 heteroatoms. The first-order valence-electron chi connectivity index (χ1n) is 7.90. The maximum atomic E-state index is 13.0. The molecule has 0 bridgehead atoms. The Bertz CT molecular complexity index is 538. The minimum atomic E-state index is -3.35. The van der Waals surface area contributed by atoms with Crippen molar-refractivity contribution in [1.82, 2.24) is 9.62 Å². The van der Waals surface area contributed by atoms with Gasteiger partial charge in [-0.3, -0.25) is 0 Å². The molecule has 21 heavy (non-hydrogen) atoms. The zero-order valence-electron chi connectivity index (χ0n) is 13.0. The van der Waals surface area contributed by atoms with Crippen LogP contribution in [0, 0.1) is 0 Å². The monoisotopic (exact) mass is 330 g/mol. The van der Waals surface area contributed by atoms with Crippen LogP contribution in [0.5, 0.6) is 0 Å². The molecule has 0 amide bonds. The van der Waals surface area contributed by atoms with Gasteiger partial charge in [0.15, 0.2) is 0 Å². The van der Waals surface area contributed by atoms with Crippen molar-refractivity contribution >= 4 is 21.4 Å². The summed E-state index contributed by atoms with van der Waals surface area (Å²) in [5.41, 5.74) is 0. The van der Waals surface area contributed by atoms with E-state index in [1.807, 2.05) is 12.3 Å². The van der Waals surface area contributed by atoms with Gasteiger partial charge in [-0.2, -0.15) is 4.31 Å². The van der Waals surface area contributed by atoms with Crippen LogP contribution in [-0.2, 0) is 16.6 Å². The molecule has 1 atom stereocenters. The van der Waals surface area contributed by atoms with Crippen molar-refractivity contribution < 1.29 is 8.42 Å². The van der Waals surface area contributed by atoms with Crippen molar-refractivity contribution in [2.24, 2.45) is 0 Å². The molecule has 0 saturated carbocycles. The van der Waals surface area contributed by atoms with Gasteiger partial charge in [0, 0.05) is 24.0 Å². The van der Waals surface area contributed by atoms with Crippen LogP contribution in [0.25, 0.3) is 0 Å². The number of hydrogen-bond acceptors (Lipinski definition) is 4. The van der Waals surface area contributed by atoms with Gasteiger partial charge in [0.05, 0.1) is 4.90 Å². The van der Waals surface area contributed by atoms with Crippen molar-refractivity contribution in [2.75, 3.05) is 13.1 Å². The van der Waals surface area contributed by atoms with Crippen LogP contribution in [0.4, 0.5) is 0 Å². The molecule has 0 aliphatic carbocycles. The van der Waals surface area contributed by atoms with E-state index in [0.717, 1.165) is 43.5 Å². The molecule has 1 N–H and O–H groups in total. The Labute approximate surface area is 132 Å². The summed E-state index contributed by atoms with van der Waals surface area (Å²) in [7, 11) is -3.35. The SMILES string of the molecule is CCCC1CCCCN1S(=O)(=O)c1ccsc1CNCC. The van der Waals surface area contributed by atoms with Gasteiger partial charge < -0.3 is 5.32 Å². The van der Waals surface area contributed by atoms with Crippen molar-refractivity contribution in [1.29, 1.82) is 0 Å². The highest BCUT2D eigenvalue weighted by molar-refractivity contribution is 7.89. The number of thiophene rings is 1. The molecule has 4 nitrogen and oxygen atoms in total. The number of piperidine rings is 1. The van der Waals surface area contributed by atoms with Crippen LogP contribution < -0.4 is 5.32 Å². The van der Waals surface area contributed by atoms with Gasteiger partial charge in [-0.15, -0.1) is 11.3 Å². The van der Waals surface area contributed by atoms with E-state index in [1.54, 1.807) is 10.4 Å². The van der Waals surface area contributed by atoms with Gasteiger partial charge in [-0.25, -0.2) is 8.42 Å². The maximum Gasteiger partial charge on any atom is 0.244 e. The molecule has 1 aliphatic heterocycles. The smallest absolute Gasteiger partial charge is 0.244 e. The second-order valence-corrected chi connectivity index (χ2v) is 8.40. The number of rotatable bonds is 7. The van der Waals surface area contributed by atoms with Gasteiger partial charge in [0.2, 0.25) is 10.0 Å². The highest BCUT2D eigenvalue weighted by Crippen LogP contribution is 2.31. The topological polar surface area (TPSA) is 49.4 Å². The zero-order chi connectivity index (χ0) is 15.3. The molecule has 2 rings (SSSR count). The summed E-state index contributed by atoms with van der Waals surface area (Å²) >= 11 is 1.53. The molecular weight excluding hydrogens is 304 g/mol. The summed E-state index contributed by atoms with van der Waals surface area (Å²) in [5, 5.41) is 5.12. The molecule has 1 unspecified atom stereocenters. The van der Waals surface area contributed by atoms with Crippen molar-refractivity contribution in [3.05, 3.63) is 16.3 Å². The van der Waals surface area contributed by atoms with E-state index in [9.17, 15) is 8.42 Å². The lowest BCUT2D eigenvalue weighted by Gasteiger charge is -2.34. The number of nitrogens with zero attached hydrogens (tertiary/aromatic N) is 1. The molecule has 120 valence electrons. The van der Waals surface area contributed by atoms with E-state index in [2.05, 4.69) is 12.2 Å². The predicted octanol–water partition coefficient (Wildman–Crippen LogP) is 3.20. The third kappa shape index (κ3) is 3.86. The molecule has 1 aliphatic rings.